The molecule has 0 N–H and O–H groups in total. The molecule has 4 aromatic carbocycles. The fraction of sp³-hybridized carbons (Fsp3) is 0.219. The number of rotatable bonds is 8. The van der Waals surface area contributed by atoms with E-state index in [-0.39, 0.29) is 11.9 Å². The van der Waals surface area contributed by atoms with Crippen molar-refractivity contribution in [2.75, 3.05) is 13.7 Å². The van der Waals surface area contributed by atoms with E-state index in [2.05, 4.69) is 25.1 Å². The molecule has 0 aliphatic carbocycles. The van der Waals surface area contributed by atoms with Crippen molar-refractivity contribution in [3.63, 3.8) is 0 Å². The fourth-order valence-electron chi connectivity index (χ4n) is 4.29. The van der Waals surface area contributed by atoms with Gasteiger partial charge >= 0.3 is 5.97 Å². The first-order valence-corrected chi connectivity index (χ1v) is 12.2. The molecular weight excluding hydrogens is 448 g/mol. The van der Waals surface area contributed by atoms with Gasteiger partial charge in [-0.25, -0.2) is 4.79 Å². The number of methoxy groups -OCH3 is 1. The van der Waals surface area contributed by atoms with E-state index < -0.39 is 0 Å². The molecule has 0 fully saturated rings. The van der Waals surface area contributed by atoms with Crippen molar-refractivity contribution in [2.24, 2.45) is 5.92 Å². The van der Waals surface area contributed by atoms with Gasteiger partial charge in [0.15, 0.2) is 0 Å². The van der Waals surface area contributed by atoms with Gasteiger partial charge in [0, 0.05) is 16.5 Å². The number of carbonyl (C=O) groups is 1. The van der Waals surface area contributed by atoms with Crippen molar-refractivity contribution in [1.29, 1.82) is 0 Å². The molecule has 0 saturated heterocycles. The van der Waals surface area contributed by atoms with Gasteiger partial charge in [0.2, 0.25) is 0 Å². The van der Waals surface area contributed by atoms with Crippen LogP contribution in [0.25, 0.3) is 28.0 Å². The Morgan fingerprint density at radius 2 is 1.61 bits per heavy atom. The summed E-state index contributed by atoms with van der Waals surface area (Å²) in [6.45, 7) is 8.25. The number of esters is 1. The Kier molecular flexibility index (Phi) is 7.74. The van der Waals surface area contributed by atoms with Crippen LogP contribution in [-0.2, 0) is 9.53 Å². The highest BCUT2D eigenvalue weighted by molar-refractivity contribution is 5.98. The third kappa shape index (κ3) is 5.44. The average molecular weight is 481 g/mol. The number of fused-ring (bicyclic) bond motifs is 1. The summed E-state index contributed by atoms with van der Waals surface area (Å²) in [7, 11) is 1.67. The number of hydrogen-bond donors (Lipinski definition) is 0. The normalized spacial score (nSPS) is 11.6. The number of hydrogen-bond acceptors (Lipinski definition) is 4. The van der Waals surface area contributed by atoms with E-state index in [4.69, 9.17) is 14.2 Å². The van der Waals surface area contributed by atoms with Gasteiger partial charge in [0.05, 0.1) is 13.7 Å². The van der Waals surface area contributed by atoms with Crippen LogP contribution in [0.3, 0.4) is 0 Å². The topological polar surface area (TPSA) is 44.8 Å². The van der Waals surface area contributed by atoms with E-state index in [1.54, 1.807) is 7.11 Å². The van der Waals surface area contributed by atoms with Gasteiger partial charge in [-0.15, -0.1) is 0 Å². The summed E-state index contributed by atoms with van der Waals surface area (Å²) < 4.78 is 17.2. The summed E-state index contributed by atoms with van der Waals surface area (Å²) >= 11 is 0. The summed E-state index contributed by atoms with van der Waals surface area (Å²) in [6.07, 6.45) is 1.89. The molecule has 0 bridgehead atoms. The average Bonchev–Trinajstić information content (AvgIpc) is 2.88. The smallest absolute Gasteiger partial charge is 0.334 e. The van der Waals surface area contributed by atoms with E-state index in [1.165, 1.54) is 0 Å². The Hall–Kier alpha value is -4.05. The molecule has 0 aromatic heterocycles. The van der Waals surface area contributed by atoms with Crippen LogP contribution >= 0.6 is 0 Å². The van der Waals surface area contributed by atoms with Gasteiger partial charge < -0.3 is 14.2 Å². The predicted octanol–water partition coefficient (Wildman–Crippen LogP) is 8.22. The number of aryl methyl sites for hydroxylation is 1. The minimum absolute atomic E-state index is 0.0593. The minimum atomic E-state index is -0.276. The fourth-order valence-corrected chi connectivity index (χ4v) is 4.29. The third-order valence-corrected chi connectivity index (χ3v) is 6.11. The lowest BCUT2D eigenvalue weighted by molar-refractivity contribution is -0.138. The first-order valence-electron chi connectivity index (χ1n) is 12.2. The van der Waals surface area contributed by atoms with Gasteiger partial charge in [-0.3, -0.25) is 0 Å². The molecule has 4 aromatic rings. The van der Waals surface area contributed by atoms with Crippen molar-refractivity contribution in [3.05, 3.63) is 95.6 Å². The maximum atomic E-state index is 12.3. The number of benzene rings is 4. The first-order chi connectivity index (χ1) is 17.4. The van der Waals surface area contributed by atoms with Crippen LogP contribution in [0.15, 0.2) is 84.4 Å². The summed E-state index contributed by atoms with van der Waals surface area (Å²) in [5.41, 5.74) is 4.84. The van der Waals surface area contributed by atoms with Crippen LogP contribution in [0.2, 0.25) is 0 Å². The highest BCUT2D eigenvalue weighted by Gasteiger charge is 2.17. The van der Waals surface area contributed by atoms with Crippen molar-refractivity contribution >= 4 is 22.8 Å². The van der Waals surface area contributed by atoms with Gasteiger partial charge in [-0.1, -0.05) is 62.4 Å². The van der Waals surface area contributed by atoms with Gasteiger partial charge in [0.1, 0.15) is 17.2 Å². The molecule has 0 saturated carbocycles. The van der Waals surface area contributed by atoms with E-state index in [0.717, 1.165) is 44.5 Å². The second kappa shape index (κ2) is 11.1. The summed E-state index contributed by atoms with van der Waals surface area (Å²) in [4.78, 5) is 12.3. The van der Waals surface area contributed by atoms with Crippen molar-refractivity contribution in [1.82, 2.24) is 0 Å². The maximum Gasteiger partial charge on any atom is 0.334 e. The van der Waals surface area contributed by atoms with E-state index in [9.17, 15) is 4.79 Å². The third-order valence-electron chi connectivity index (χ3n) is 6.11. The number of carbonyl (C=O) groups excluding carboxylic acids is 1. The Labute approximate surface area is 213 Å². The van der Waals surface area contributed by atoms with E-state index in [0.29, 0.717) is 17.9 Å². The minimum Gasteiger partial charge on any atom is -0.497 e. The quantitative estimate of drug-likeness (QED) is 0.188. The largest absolute Gasteiger partial charge is 0.497 e. The van der Waals surface area contributed by atoms with Crippen LogP contribution in [-0.4, -0.2) is 19.7 Å². The molecule has 0 aliphatic heterocycles. The second-order valence-corrected chi connectivity index (χ2v) is 9.00. The number of ether oxygens (including phenoxy) is 3. The Bertz CT molecular complexity index is 1380. The molecule has 0 radical (unpaired) electrons. The second-order valence-electron chi connectivity index (χ2n) is 9.00. The molecule has 4 nitrogen and oxygen atoms in total. The highest BCUT2D eigenvalue weighted by Crippen LogP contribution is 2.43. The molecule has 4 heteroatoms. The van der Waals surface area contributed by atoms with E-state index in [1.807, 2.05) is 87.5 Å². The van der Waals surface area contributed by atoms with Gasteiger partial charge in [-0.05, 0) is 78.2 Å². The summed E-state index contributed by atoms with van der Waals surface area (Å²) in [5.74, 6) is 2.11. The lowest BCUT2D eigenvalue weighted by Gasteiger charge is -2.18. The zero-order chi connectivity index (χ0) is 25.7. The standard InChI is InChI=1S/C32H32O4/c1-6-35-32(33)29(21(2)3)19-23-12-14-26(15-13-23)36-31-28-17-16-27(34-5)20-25(28)18-22(4)30(31)24-10-8-7-9-11-24/h7-21H,6H2,1-5H3/b29-19+. The van der Waals surface area contributed by atoms with Crippen LogP contribution in [0.4, 0.5) is 0 Å². The van der Waals surface area contributed by atoms with Crippen molar-refractivity contribution < 1.29 is 19.0 Å². The molecule has 0 unspecified atom stereocenters. The molecular formula is C32H32O4. The molecule has 0 amide bonds. The molecule has 184 valence electrons. The molecule has 0 spiro atoms. The van der Waals surface area contributed by atoms with E-state index >= 15 is 0 Å². The monoisotopic (exact) mass is 480 g/mol. The molecule has 0 atom stereocenters. The van der Waals surface area contributed by atoms with Crippen molar-refractivity contribution in [3.8, 4) is 28.4 Å². The van der Waals surface area contributed by atoms with Gasteiger partial charge in [-0.2, -0.15) is 0 Å². The Balaban J connectivity index is 1.76. The van der Waals surface area contributed by atoms with Gasteiger partial charge in [0.25, 0.3) is 0 Å². The predicted molar refractivity (Wildman–Crippen MR) is 147 cm³/mol. The first kappa shape index (κ1) is 25.1. The lowest BCUT2D eigenvalue weighted by Crippen LogP contribution is -2.12. The summed E-state index contributed by atoms with van der Waals surface area (Å²) in [6, 6.07) is 26.3. The SMILES string of the molecule is CCOC(=O)/C(=C/c1ccc(Oc2c(-c3ccccc3)c(C)cc3cc(OC)ccc23)cc1)C(C)C. The molecule has 0 heterocycles. The summed E-state index contributed by atoms with van der Waals surface area (Å²) in [5, 5.41) is 2.06. The molecule has 0 aliphatic rings. The van der Waals surface area contributed by atoms with Crippen LogP contribution in [0.5, 0.6) is 17.2 Å². The zero-order valence-corrected chi connectivity index (χ0v) is 21.5. The Morgan fingerprint density at radius 3 is 2.25 bits per heavy atom. The molecule has 36 heavy (non-hydrogen) atoms. The maximum absolute atomic E-state index is 12.3. The lowest BCUT2D eigenvalue weighted by atomic mass is 9.94. The van der Waals surface area contributed by atoms with Crippen LogP contribution in [0, 0.1) is 12.8 Å². The van der Waals surface area contributed by atoms with Crippen LogP contribution < -0.4 is 9.47 Å². The Morgan fingerprint density at radius 1 is 0.917 bits per heavy atom. The van der Waals surface area contributed by atoms with Crippen molar-refractivity contribution in [2.45, 2.75) is 27.7 Å². The zero-order valence-electron chi connectivity index (χ0n) is 21.5. The highest BCUT2D eigenvalue weighted by atomic mass is 16.5. The van der Waals surface area contributed by atoms with Crippen LogP contribution in [0.1, 0.15) is 31.9 Å². The molecule has 4 rings (SSSR count).